The predicted octanol–water partition coefficient (Wildman–Crippen LogP) is 0.201. The summed E-state index contributed by atoms with van der Waals surface area (Å²) in [5.74, 6) is -0.690. The van der Waals surface area contributed by atoms with Gasteiger partial charge >= 0.3 is 5.97 Å². The molecule has 0 unspecified atom stereocenters. The van der Waals surface area contributed by atoms with Gasteiger partial charge in [-0.1, -0.05) is 6.92 Å². The number of nitrogens with zero attached hydrogens (tertiary/aromatic N) is 1. The SMILES string of the molecule is CCNCC1CCN(S(=O)(=O)CC(=O)OCC)CC1. The van der Waals surface area contributed by atoms with Crippen LogP contribution >= 0.6 is 0 Å². The summed E-state index contributed by atoms with van der Waals surface area (Å²) in [6, 6.07) is 0. The van der Waals surface area contributed by atoms with E-state index >= 15 is 0 Å². The second-order valence-corrected chi connectivity index (χ2v) is 6.68. The van der Waals surface area contributed by atoms with Gasteiger partial charge < -0.3 is 10.1 Å². The van der Waals surface area contributed by atoms with Crippen molar-refractivity contribution in [2.45, 2.75) is 26.7 Å². The Labute approximate surface area is 115 Å². The first-order valence-corrected chi connectivity index (χ1v) is 8.44. The van der Waals surface area contributed by atoms with Crippen LogP contribution in [0.1, 0.15) is 26.7 Å². The van der Waals surface area contributed by atoms with E-state index < -0.39 is 21.7 Å². The highest BCUT2D eigenvalue weighted by atomic mass is 32.2. The van der Waals surface area contributed by atoms with Gasteiger partial charge in [-0.25, -0.2) is 12.7 Å². The van der Waals surface area contributed by atoms with Crippen molar-refractivity contribution in [1.29, 1.82) is 0 Å². The summed E-state index contributed by atoms with van der Waals surface area (Å²) in [5, 5.41) is 3.28. The fraction of sp³-hybridized carbons (Fsp3) is 0.917. The lowest BCUT2D eigenvalue weighted by atomic mass is 9.98. The average molecular weight is 292 g/mol. The largest absolute Gasteiger partial charge is 0.465 e. The number of esters is 1. The van der Waals surface area contributed by atoms with Crippen LogP contribution in [0.2, 0.25) is 0 Å². The molecule has 0 aromatic rings. The lowest BCUT2D eigenvalue weighted by Crippen LogP contribution is -2.43. The summed E-state index contributed by atoms with van der Waals surface area (Å²) >= 11 is 0. The molecule has 0 aromatic heterocycles. The lowest BCUT2D eigenvalue weighted by Gasteiger charge is -2.31. The van der Waals surface area contributed by atoms with Crippen molar-refractivity contribution in [3.8, 4) is 0 Å². The highest BCUT2D eigenvalue weighted by Crippen LogP contribution is 2.19. The van der Waals surface area contributed by atoms with Crippen molar-refractivity contribution in [3.05, 3.63) is 0 Å². The fourth-order valence-corrected chi connectivity index (χ4v) is 3.51. The van der Waals surface area contributed by atoms with E-state index in [2.05, 4.69) is 17.0 Å². The molecule has 1 aliphatic rings. The van der Waals surface area contributed by atoms with E-state index in [0.29, 0.717) is 19.0 Å². The topological polar surface area (TPSA) is 75.7 Å². The monoisotopic (exact) mass is 292 g/mol. The molecule has 0 radical (unpaired) electrons. The molecule has 1 N–H and O–H groups in total. The summed E-state index contributed by atoms with van der Waals surface area (Å²) in [5.41, 5.74) is 0. The number of nitrogens with one attached hydrogen (secondary N) is 1. The van der Waals surface area contributed by atoms with E-state index in [1.807, 2.05) is 0 Å². The Morgan fingerprint density at radius 2 is 1.95 bits per heavy atom. The Bertz CT molecular complexity index is 375. The zero-order valence-corrected chi connectivity index (χ0v) is 12.5. The molecular formula is C12H24N2O4S. The summed E-state index contributed by atoms with van der Waals surface area (Å²) < 4.78 is 30.1. The van der Waals surface area contributed by atoms with E-state index in [9.17, 15) is 13.2 Å². The third-order valence-corrected chi connectivity index (χ3v) is 5.01. The fourth-order valence-electron chi connectivity index (χ4n) is 2.18. The minimum Gasteiger partial charge on any atom is -0.465 e. The molecule has 0 amide bonds. The van der Waals surface area contributed by atoms with Crippen LogP contribution in [0, 0.1) is 5.92 Å². The second-order valence-electron chi connectivity index (χ2n) is 4.71. The maximum Gasteiger partial charge on any atom is 0.322 e. The normalized spacial score (nSPS) is 18.4. The number of sulfonamides is 1. The Morgan fingerprint density at radius 3 is 2.47 bits per heavy atom. The molecule has 1 rings (SSSR count). The van der Waals surface area contributed by atoms with Crippen LogP contribution in [0.3, 0.4) is 0 Å². The Kier molecular flexibility index (Phi) is 6.74. The number of carbonyl (C=O) groups excluding carboxylic acids is 1. The standard InChI is InChI=1S/C12H24N2O4S/c1-3-13-9-11-5-7-14(8-6-11)19(16,17)10-12(15)18-4-2/h11,13H,3-10H2,1-2H3. The molecule has 112 valence electrons. The molecule has 1 aliphatic heterocycles. The molecule has 0 aromatic carbocycles. The molecule has 0 saturated carbocycles. The van der Waals surface area contributed by atoms with Gasteiger partial charge in [-0.15, -0.1) is 0 Å². The van der Waals surface area contributed by atoms with Crippen LogP contribution in [0.4, 0.5) is 0 Å². The van der Waals surface area contributed by atoms with Crippen LogP contribution in [-0.2, 0) is 19.6 Å². The van der Waals surface area contributed by atoms with Gasteiger partial charge in [-0.05, 0) is 38.8 Å². The van der Waals surface area contributed by atoms with E-state index in [0.717, 1.165) is 25.9 Å². The van der Waals surface area contributed by atoms with Gasteiger partial charge in [0.2, 0.25) is 10.0 Å². The number of hydrogen-bond acceptors (Lipinski definition) is 5. The summed E-state index contributed by atoms with van der Waals surface area (Å²) in [6.07, 6.45) is 1.68. The number of ether oxygens (including phenoxy) is 1. The van der Waals surface area contributed by atoms with Crippen LogP contribution < -0.4 is 5.32 Å². The van der Waals surface area contributed by atoms with Crippen LogP contribution in [0.5, 0.6) is 0 Å². The number of rotatable bonds is 7. The van der Waals surface area contributed by atoms with Crippen molar-refractivity contribution >= 4 is 16.0 Å². The third kappa shape index (κ3) is 5.46. The zero-order chi connectivity index (χ0) is 14.3. The molecule has 7 heteroatoms. The first-order chi connectivity index (χ1) is 8.99. The molecule has 0 aliphatic carbocycles. The lowest BCUT2D eigenvalue weighted by molar-refractivity contribution is -0.140. The zero-order valence-electron chi connectivity index (χ0n) is 11.7. The molecule has 6 nitrogen and oxygen atoms in total. The van der Waals surface area contributed by atoms with Gasteiger partial charge in [0, 0.05) is 13.1 Å². The maximum absolute atomic E-state index is 12.0. The van der Waals surface area contributed by atoms with Gasteiger partial charge in [0.1, 0.15) is 0 Å². The minimum absolute atomic E-state index is 0.207. The molecular weight excluding hydrogens is 268 g/mol. The first-order valence-electron chi connectivity index (χ1n) is 6.83. The molecule has 1 saturated heterocycles. The smallest absolute Gasteiger partial charge is 0.322 e. The van der Waals surface area contributed by atoms with Gasteiger partial charge in [0.25, 0.3) is 0 Å². The van der Waals surface area contributed by atoms with E-state index in [1.165, 1.54) is 4.31 Å². The van der Waals surface area contributed by atoms with Crippen molar-refractivity contribution in [1.82, 2.24) is 9.62 Å². The highest BCUT2D eigenvalue weighted by molar-refractivity contribution is 7.89. The summed E-state index contributed by atoms with van der Waals surface area (Å²) in [4.78, 5) is 11.3. The third-order valence-electron chi connectivity index (χ3n) is 3.26. The van der Waals surface area contributed by atoms with Gasteiger partial charge in [0.05, 0.1) is 6.61 Å². The average Bonchev–Trinajstić information content (AvgIpc) is 2.36. The van der Waals surface area contributed by atoms with Gasteiger partial charge in [-0.2, -0.15) is 0 Å². The predicted molar refractivity (Wildman–Crippen MR) is 73.3 cm³/mol. The van der Waals surface area contributed by atoms with Crippen LogP contribution in [0.25, 0.3) is 0 Å². The number of carbonyl (C=O) groups is 1. The van der Waals surface area contributed by atoms with Gasteiger partial charge in [-0.3, -0.25) is 4.79 Å². The van der Waals surface area contributed by atoms with Crippen LogP contribution in [0.15, 0.2) is 0 Å². The molecule has 0 bridgehead atoms. The Hall–Kier alpha value is -0.660. The molecule has 1 heterocycles. The quantitative estimate of drug-likeness (QED) is 0.679. The van der Waals surface area contributed by atoms with Crippen molar-refractivity contribution in [2.75, 3.05) is 38.5 Å². The Balaban J connectivity index is 2.43. The summed E-state index contributed by atoms with van der Waals surface area (Å²) in [6.45, 7) is 6.79. The second kappa shape index (κ2) is 7.81. The van der Waals surface area contributed by atoms with Crippen molar-refractivity contribution < 1.29 is 17.9 Å². The molecule has 1 fully saturated rings. The number of piperidine rings is 1. The Morgan fingerprint density at radius 1 is 1.32 bits per heavy atom. The van der Waals surface area contributed by atoms with E-state index in [4.69, 9.17) is 0 Å². The molecule has 19 heavy (non-hydrogen) atoms. The first kappa shape index (κ1) is 16.4. The van der Waals surface area contributed by atoms with Crippen LogP contribution in [-0.4, -0.2) is 57.2 Å². The van der Waals surface area contributed by atoms with Crippen molar-refractivity contribution in [3.63, 3.8) is 0 Å². The molecule has 0 spiro atoms. The number of hydrogen-bond donors (Lipinski definition) is 1. The minimum atomic E-state index is -3.51. The van der Waals surface area contributed by atoms with Crippen molar-refractivity contribution in [2.24, 2.45) is 5.92 Å². The van der Waals surface area contributed by atoms with E-state index in [1.54, 1.807) is 6.92 Å². The van der Waals surface area contributed by atoms with E-state index in [-0.39, 0.29) is 6.61 Å². The molecule has 0 atom stereocenters. The summed E-state index contributed by atoms with van der Waals surface area (Å²) in [7, 11) is -3.51. The highest BCUT2D eigenvalue weighted by Gasteiger charge is 2.29. The maximum atomic E-state index is 12.0. The van der Waals surface area contributed by atoms with Gasteiger partial charge in [0.15, 0.2) is 5.75 Å².